The van der Waals surface area contributed by atoms with Crippen molar-refractivity contribution in [3.63, 3.8) is 0 Å². The number of carbonyl (C=O) groups is 1. The van der Waals surface area contributed by atoms with Gasteiger partial charge in [-0.2, -0.15) is 0 Å². The van der Waals surface area contributed by atoms with Crippen LogP contribution in [0.25, 0.3) is 43.7 Å². The minimum absolute atomic E-state index is 0.0472. The molecule has 0 bridgehead atoms. The van der Waals surface area contributed by atoms with Crippen LogP contribution in [0, 0.1) is 18.6 Å². The number of pyridine rings is 3. The molecule has 0 radical (unpaired) electrons. The van der Waals surface area contributed by atoms with Crippen LogP contribution in [0.3, 0.4) is 0 Å². The molecule has 0 atom stereocenters. The number of fused-ring (bicyclic) bond motifs is 2. The number of halogens is 2. The van der Waals surface area contributed by atoms with Crippen LogP contribution >= 0.6 is 11.3 Å². The molecule has 0 saturated carbocycles. The summed E-state index contributed by atoms with van der Waals surface area (Å²) < 4.78 is 42.2. The van der Waals surface area contributed by atoms with Crippen LogP contribution in [0.4, 0.5) is 8.78 Å². The van der Waals surface area contributed by atoms with Crippen LogP contribution < -0.4 is 4.74 Å². The fraction of sp³-hybridized carbons (Fsp3) is 0.212. The topological polar surface area (TPSA) is 77.4 Å². The van der Waals surface area contributed by atoms with Crippen molar-refractivity contribution in [3.8, 4) is 39.4 Å². The summed E-state index contributed by atoms with van der Waals surface area (Å²) in [5, 5.41) is 2.72. The molecule has 0 spiro atoms. The van der Waals surface area contributed by atoms with E-state index in [1.54, 1.807) is 23.5 Å². The average Bonchev–Trinajstić information content (AvgIpc) is 3.50. The normalized spacial score (nSPS) is 12.8. The summed E-state index contributed by atoms with van der Waals surface area (Å²) >= 11 is 1.43. The van der Waals surface area contributed by atoms with Crippen LogP contribution in [0.2, 0.25) is 0 Å². The zero-order chi connectivity index (χ0) is 30.1. The number of ether oxygens (including phenoxy) is 2. The van der Waals surface area contributed by atoms with E-state index in [9.17, 15) is 9.18 Å². The lowest BCUT2D eigenvalue weighted by Gasteiger charge is -2.27. The van der Waals surface area contributed by atoms with Gasteiger partial charge in [0.15, 0.2) is 0 Å². The Morgan fingerprint density at radius 3 is 2.72 bits per heavy atom. The predicted octanol–water partition coefficient (Wildman–Crippen LogP) is 6.77. The summed E-state index contributed by atoms with van der Waals surface area (Å²) in [5.41, 5.74) is 5.86. The highest BCUT2D eigenvalue weighted by molar-refractivity contribution is 7.18. The van der Waals surface area contributed by atoms with Crippen LogP contribution in [0.5, 0.6) is 5.75 Å². The van der Waals surface area contributed by atoms with E-state index in [0.717, 1.165) is 38.5 Å². The van der Waals surface area contributed by atoms with E-state index >= 15 is 4.39 Å². The summed E-state index contributed by atoms with van der Waals surface area (Å²) in [5.74, 6) is -1.64. The highest BCUT2D eigenvalue weighted by atomic mass is 32.1. The van der Waals surface area contributed by atoms with Crippen LogP contribution in [-0.4, -0.2) is 52.6 Å². The van der Waals surface area contributed by atoms with E-state index in [1.807, 2.05) is 30.5 Å². The standard InChI is InChI=1S/C33H28F2N4O3S/c1-4-28(40)39-7-5-26-22(18-39)12-21(17-37-26)32-30(29-25(35)13-23(34)14-27(29)42-9-8-41-3)33-24(6-10-43-33)31(38-32)20-11-19(2)15-36-16-20/h4,6,10-17H,1,5,7-9,18H2,2-3H3. The number of aromatic nitrogens is 3. The van der Waals surface area contributed by atoms with Crippen LogP contribution in [0.1, 0.15) is 16.8 Å². The Kier molecular flexibility index (Phi) is 7.96. The van der Waals surface area contributed by atoms with Gasteiger partial charge in [0.1, 0.15) is 24.0 Å². The Hall–Kier alpha value is -4.54. The van der Waals surface area contributed by atoms with Gasteiger partial charge in [0.2, 0.25) is 5.91 Å². The van der Waals surface area contributed by atoms with Crippen molar-refractivity contribution in [2.45, 2.75) is 19.9 Å². The lowest BCUT2D eigenvalue weighted by molar-refractivity contribution is -0.126. The molecule has 6 rings (SSSR count). The van der Waals surface area contributed by atoms with E-state index in [1.165, 1.54) is 30.6 Å². The molecule has 1 aliphatic rings. The van der Waals surface area contributed by atoms with E-state index in [-0.39, 0.29) is 30.4 Å². The number of amides is 1. The van der Waals surface area contributed by atoms with Gasteiger partial charge in [-0.05, 0) is 47.7 Å². The molecule has 0 unspecified atom stereocenters. The van der Waals surface area contributed by atoms with Gasteiger partial charge in [-0.1, -0.05) is 6.58 Å². The highest BCUT2D eigenvalue weighted by Gasteiger charge is 2.27. The van der Waals surface area contributed by atoms with Gasteiger partial charge in [0.05, 0.1) is 23.6 Å². The van der Waals surface area contributed by atoms with Crippen molar-refractivity contribution in [2.75, 3.05) is 26.9 Å². The molecule has 0 N–H and O–H groups in total. The number of hydrogen-bond acceptors (Lipinski definition) is 7. The van der Waals surface area contributed by atoms with Gasteiger partial charge in [-0.25, -0.2) is 13.8 Å². The predicted molar refractivity (Wildman–Crippen MR) is 163 cm³/mol. The lowest BCUT2D eigenvalue weighted by atomic mass is 9.94. The Morgan fingerprint density at radius 2 is 1.93 bits per heavy atom. The first kappa shape index (κ1) is 28.6. The molecule has 7 nitrogen and oxygen atoms in total. The number of benzene rings is 1. The minimum atomic E-state index is -0.774. The first-order valence-corrected chi connectivity index (χ1v) is 14.6. The molecule has 218 valence electrons. The number of rotatable bonds is 8. The SMILES string of the molecule is C=CC(=O)N1CCc2ncc(-c3nc(-c4cncc(C)c4)c4ccsc4c3-c3c(F)cc(F)cc3OCCOC)cc2C1. The second-order valence-corrected chi connectivity index (χ2v) is 11.2. The van der Waals surface area contributed by atoms with E-state index in [2.05, 4.69) is 11.6 Å². The second-order valence-electron chi connectivity index (χ2n) is 10.2. The maximum atomic E-state index is 15.9. The first-order chi connectivity index (χ1) is 20.9. The van der Waals surface area contributed by atoms with E-state index in [0.29, 0.717) is 42.0 Å². The van der Waals surface area contributed by atoms with Crippen LogP contribution in [0.15, 0.2) is 67.0 Å². The van der Waals surface area contributed by atoms with Gasteiger partial charge >= 0.3 is 0 Å². The number of nitrogens with zero attached hydrogens (tertiary/aromatic N) is 4. The van der Waals surface area contributed by atoms with Crippen molar-refractivity contribution in [3.05, 3.63) is 95.4 Å². The lowest BCUT2D eigenvalue weighted by Crippen LogP contribution is -2.35. The van der Waals surface area contributed by atoms with Crippen molar-refractivity contribution < 1.29 is 23.0 Å². The quantitative estimate of drug-likeness (QED) is 0.145. The smallest absolute Gasteiger partial charge is 0.246 e. The van der Waals surface area contributed by atoms with Crippen LogP contribution in [-0.2, 0) is 22.5 Å². The Morgan fingerprint density at radius 1 is 1.09 bits per heavy atom. The Labute approximate surface area is 251 Å². The number of aryl methyl sites for hydroxylation is 1. The molecule has 4 aromatic heterocycles. The molecule has 0 fully saturated rings. The Bertz CT molecular complexity index is 1870. The molecule has 43 heavy (non-hydrogen) atoms. The summed E-state index contributed by atoms with van der Waals surface area (Å²) in [7, 11) is 1.53. The molecule has 10 heteroatoms. The van der Waals surface area contributed by atoms with Gasteiger partial charge < -0.3 is 14.4 Å². The molecule has 0 aliphatic carbocycles. The molecule has 0 saturated heterocycles. The van der Waals surface area contributed by atoms with Gasteiger partial charge in [-0.3, -0.25) is 14.8 Å². The molecular formula is C33H28F2N4O3S. The van der Waals surface area contributed by atoms with Gasteiger partial charge in [0, 0.05) is 89.8 Å². The maximum absolute atomic E-state index is 15.9. The summed E-state index contributed by atoms with van der Waals surface area (Å²) in [6, 6.07) is 7.91. The largest absolute Gasteiger partial charge is 0.490 e. The summed E-state index contributed by atoms with van der Waals surface area (Å²) in [6.07, 6.45) is 7.14. The zero-order valence-corrected chi connectivity index (χ0v) is 24.5. The van der Waals surface area contributed by atoms with E-state index in [4.69, 9.17) is 19.4 Å². The highest BCUT2D eigenvalue weighted by Crippen LogP contribution is 2.47. The van der Waals surface area contributed by atoms with Crippen molar-refractivity contribution in [1.29, 1.82) is 0 Å². The maximum Gasteiger partial charge on any atom is 0.246 e. The fourth-order valence-corrected chi connectivity index (χ4v) is 6.33. The average molecular weight is 599 g/mol. The Balaban J connectivity index is 1.63. The monoisotopic (exact) mass is 598 g/mol. The minimum Gasteiger partial charge on any atom is -0.490 e. The zero-order valence-electron chi connectivity index (χ0n) is 23.7. The number of carbonyl (C=O) groups excluding carboxylic acids is 1. The number of hydrogen-bond donors (Lipinski definition) is 0. The first-order valence-electron chi connectivity index (χ1n) is 13.7. The third-order valence-electron chi connectivity index (χ3n) is 7.37. The van der Waals surface area contributed by atoms with E-state index < -0.39 is 11.6 Å². The summed E-state index contributed by atoms with van der Waals surface area (Å²) in [4.78, 5) is 28.4. The molecule has 1 aliphatic heterocycles. The number of methoxy groups -OCH3 is 1. The number of thiophene rings is 1. The van der Waals surface area contributed by atoms with Crippen molar-refractivity contribution >= 4 is 27.3 Å². The molecule has 1 amide bonds. The van der Waals surface area contributed by atoms with Crippen molar-refractivity contribution in [2.24, 2.45) is 0 Å². The summed E-state index contributed by atoms with van der Waals surface area (Å²) in [6.45, 7) is 6.82. The fourth-order valence-electron chi connectivity index (χ4n) is 5.38. The second kappa shape index (κ2) is 12.0. The van der Waals surface area contributed by atoms with Gasteiger partial charge in [-0.15, -0.1) is 11.3 Å². The third kappa shape index (κ3) is 5.51. The third-order valence-corrected chi connectivity index (χ3v) is 8.30. The molecule has 1 aromatic carbocycles. The molecular weight excluding hydrogens is 570 g/mol. The van der Waals surface area contributed by atoms with Gasteiger partial charge in [0.25, 0.3) is 0 Å². The molecule has 5 heterocycles. The molecule has 5 aromatic rings. The van der Waals surface area contributed by atoms with Crippen molar-refractivity contribution in [1.82, 2.24) is 19.9 Å².